The van der Waals surface area contributed by atoms with Crippen LogP contribution in [0.5, 0.6) is 5.75 Å². The summed E-state index contributed by atoms with van der Waals surface area (Å²) in [6.45, 7) is 7.10. The van der Waals surface area contributed by atoms with E-state index in [4.69, 9.17) is 0 Å². The zero-order chi connectivity index (χ0) is 14.4. The summed E-state index contributed by atoms with van der Waals surface area (Å²) < 4.78 is 1.88. The van der Waals surface area contributed by atoms with Gasteiger partial charge in [0.15, 0.2) is 0 Å². The van der Waals surface area contributed by atoms with Gasteiger partial charge in [0.05, 0.1) is 0 Å². The maximum atomic E-state index is 9.54. The molecule has 2 aromatic carbocycles. The van der Waals surface area contributed by atoms with E-state index in [0.29, 0.717) is 25.0 Å². The molecule has 0 fully saturated rings. The van der Waals surface area contributed by atoms with Crippen LogP contribution in [0.2, 0.25) is 4.31 Å². The van der Waals surface area contributed by atoms with Gasteiger partial charge < -0.3 is 0 Å². The second kappa shape index (κ2) is 4.65. The third-order valence-electron chi connectivity index (χ3n) is 4.15. The summed E-state index contributed by atoms with van der Waals surface area (Å²) in [6, 6.07) is 16.6. The number of benzene rings is 2. The van der Waals surface area contributed by atoms with Crippen LogP contribution in [0.25, 0.3) is 0 Å². The number of phenolic OH excluding ortho intramolecular Hbond substituents is 1. The standard InChI is InChI=1S/C18H20OSe/c1-17(2)12-18(3,13-8-10-14(19)11-9-13)15-6-4-5-7-16(15)20-17/h4-11,19H,12H2,1-3H3. The van der Waals surface area contributed by atoms with Gasteiger partial charge in [-0.1, -0.05) is 0 Å². The van der Waals surface area contributed by atoms with Crippen molar-refractivity contribution < 1.29 is 5.11 Å². The number of phenols is 1. The van der Waals surface area contributed by atoms with Crippen LogP contribution in [0.3, 0.4) is 0 Å². The summed E-state index contributed by atoms with van der Waals surface area (Å²) in [6.07, 6.45) is 1.15. The molecule has 0 saturated carbocycles. The van der Waals surface area contributed by atoms with E-state index in [0.717, 1.165) is 6.42 Å². The van der Waals surface area contributed by atoms with Crippen molar-refractivity contribution in [2.24, 2.45) is 0 Å². The van der Waals surface area contributed by atoms with Crippen molar-refractivity contribution in [1.82, 2.24) is 0 Å². The van der Waals surface area contributed by atoms with Gasteiger partial charge >= 0.3 is 127 Å². The van der Waals surface area contributed by atoms with E-state index < -0.39 is 0 Å². The van der Waals surface area contributed by atoms with Crippen LogP contribution in [0.1, 0.15) is 38.3 Å². The molecule has 0 amide bonds. The van der Waals surface area contributed by atoms with Crippen LogP contribution in [0.15, 0.2) is 48.5 Å². The summed E-state index contributed by atoms with van der Waals surface area (Å²) in [4.78, 5) is 0. The van der Waals surface area contributed by atoms with Gasteiger partial charge in [-0.2, -0.15) is 0 Å². The van der Waals surface area contributed by atoms with Crippen LogP contribution >= 0.6 is 0 Å². The van der Waals surface area contributed by atoms with Crippen LogP contribution in [-0.4, -0.2) is 20.1 Å². The Morgan fingerprint density at radius 3 is 2.30 bits per heavy atom. The molecule has 1 atom stereocenters. The fraction of sp³-hybridized carbons (Fsp3) is 0.333. The fourth-order valence-electron chi connectivity index (χ4n) is 3.38. The first-order valence-electron chi connectivity index (χ1n) is 6.99. The first-order valence-corrected chi connectivity index (χ1v) is 8.70. The monoisotopic (exact) mass is 332 g/mol. The molecule has 0 spiro atoms. The molecule has 0 aliphatic carbocycles. The van der Waals surface area contributed by atoms with Gasteiger partial charge in [-0.15, -0.1) is 0 Å². The van der Waals surface area contributed by atoms with E-state index in [1.807, 2.05) is 0 Å². The Labute approximate surface area is 127 Å². The number of rotatable bonds is 1. The second-order valence-corrected chi connectivity index (χ2v) is 10.1. The molecule has 1 nitrogen and oxygen atoms in total. The molecular formula is C18H20OSe. The third kappa shape index (κ3) is 2.28. The predicted octanol–water partition coefficient (Wildman–Crippen LogP) is 3.63. The predicted molar refractivity (Wildman–Crippen MR) is 85.0 cm³/mol. The van der Waals surface area contributed by atoms with Crippen LogP contribution in [0.4, 0.5) is 0 Å². The SMILES string of the molecule is CC1(C)CC(C)(c2ccc(O)cc2)c2ccccc2[Se]1. The van der Waals surface area contributed by atoms with Gasteiger partial charge in [0.25, 0.3) is 0 Å². The molecule has 1 heterocycles. The molecule has 1 aliphatic rings. The summed E-state index contributed by atoms with van der Waals surface area (Å²) in [5.74, 6) is 0.338. The quantitative estimate of drug-likeness (QED) is 0.791. The summed E-state index contributed by atoms with van der Waals surface area (Å²) in [5.41, 5.74) is 2.80. The van der Waals surface area contributed by atoms with Crippen molar-refractivity contribution in [2.75, 3.05) is 0 Å². The van der Waals surface area contributed by atoms with Crippen molar-refractivity contribution in [2.45, 2.75) is 36.9 Å². The Balaban J connectivity index is 2.18. The molecule has 2 heteroatoms. The van der Waals surface area contributed by atoms with Crippen molar-refractivity contribution in [1.29, 1.82) is 0 Å². The Morgan fingerprint density at radius 2 is 1.60 bits per heavy atom. The van der Waals surface area contributed by atoms with E-state index in [2.05, 4.69) is 57.2 Å². The molecule has 0 radical (unpaired) electrons. The van der Waals surface area contributed by atoms with Crippen LogP contribution in [-0.2, 0) is 5.41 Å². The Bertz CT molecular complexity index is 630. The molecule has 2 aromatic rings. The van der Waals surface area contributed by atoms with Gasteiger partial charge in [-0.25, -0.2) is 0 Å². The van der Waals surface area contributed by atoms with Crippen molar-refractivity contribution >= 4 is 19.4 Å². The Morgan fingerprint density at radius 1 is 0.950 bits per heavy atom. The van der Waals surface area contributed by atoms with Gasteiger partial charge in [-0.05, 0) is 0 Å². The average Bonchev–Trinajstić information content (AvgIpc) is 2.38. The third-order valence-corrected chi connectivity index (χ3v) is 6.82. The first-order chi connectivity index (χ1) is 9.41. The van der Waals surface area contributed by atoms with Gasteiger partial charge in [0.1, 0.15) is 0 Å². The zero-order valence-corrected chi connectivity index (χ0v) is 13.9. The van der Waals surface area contributed by atoms with Gasteiger partial charge in [0.2, 0.25) is 0 Å². The minimum absolute atomic E-state index is 0.0355. The number of fused-ring (bicyclic) bond motifs is 1. The molecule has 0 bridgehead atoms. The number of aromatic hydroxyl groups is 1. The number of hydrogen-bond acceptors (Lipinski definition) is 1. The molecule has 20 heavy (non-hydrogen) atoms. The van der Waals surface area contributed by atoms with E-state index >= 15 is 0 Å². The maximum absolute atomic E-state index is 9.54. The molecule has 1 N–H and O–H groups in total. The summed E-state index contributed by atoms with van der Waals surface area (Å²) >= 11 is 0.514. The fourth-order valence-corrected chi connectivity index (χ4v) is 6.54. The number of hydrogen-bond donors (Lipinski definition) is 1. The Kier molecular flexibility index (Phi) is 3.19. The van der Waals surface area contributed by atoms with Crippen molar-refractivity contribution in [3.63, 3.8) is 0 Å². The molecule has 0 aromatic heterocycles. The van der Waals surface area contributed by atoms with Crippen molar-refractivity contribution in [3.05, 3.63) is 59.7 Å². The summed E-state index contributed by atoms with van der Waals surface area (Å²) in [7, 11) is 0. The van der Waals surface area contributed by atoms with Crippen LogP contribution < -0.4 is 4.46 Å². The van der Waals surface area contributed by atoms with Gasteiger partial charge in [-0.3, -0.25) is 0 Å². The molecular weight excluding hydrogens is 311 g/mol. The van der Waals surface area contributed by atoms with Gasteiger partial charge in [0, 0.05) is 0 Å². The molecule has 1 aliphatic heterocycles. The topological polar surface area (TPSA) is 20.2 Å². The molecule has 3 rings (SSSR count). The van der Waals surface area contributed by atoms with Crippen LogP contribution in [0, 0.1) is 0 Å². The molecule has 1 unspecified atom stereocenters. The van der Waals surface area contributed by atoms with E-state index in [1.54, 1.807) is 12.1 Å². The average molecular weight is 331 g/mol. The molecule has 0 saturated heterocycles. The van der Waals surface area contributed by atoms with E-state index in [1.165, 1.54) is 15.6 Å². The Hall–Kier alpha value is -1.24. The summed E-state index contributed by atoms with van der Waals surface area (Å²) in [5, 5.41) is 9.54. The zero-order valence-electron chi connectivity index (χ0n) is 12.2. The second-order valence-electron chi connectivity index (χ2n) is 6.41. The first kappa shape index (κ1) is 13.7. The van der Waals surface area contributed by atoms with Crippen molar-refractivity contribution in [3.8, 4) is 5.75 Å². The minimum atomic E-state index is 0.0355. The normalized spacial score (nSPS) is 24.1. The molecule has 104 valence electrons. The van der Waals surface area contributed by atoms with E-state index in [9.17, 15) is 5.11 Å². The van der Waals surface area contributed by atoms with E-state index in [-0.39, 0.29) is 5.41 Å².